The highest BCUT2D eigenvalue weighted by Gasteiger charge is 2.42. The number of rotatable bonds is 52. The van der Waals surface area contributed by atoms with Crippen molar-refractivity contribution >= 4 is 149 Å². The highest BCUT2D eigenvalue weighted by atomic mass is 32.2. The van der Waals surface area contributed by atoms with Gasteiger partial charge in [0.25, 0.3) is 0 Å². The van der Waals surface area contributed by atoms with Gasteiger partial charge in [0.1, 0.15) is 79.0 Å². The number of nitrogens with zero attached hydrogens (tertiary/aromatic N) is 2. The van der Waals surface area contributed by atoms with E-state index < -0.39 is 256 Å². The number of carboxylic acid groups (broad SMARTS) is 3. The molecule has 27 N–H and O–H groups in total. The number of guanidine groups is 1. The zero-order valence-corrected chi connectivity index (χ0v) is 60.4. The molecule has 0 radical (unpaired) electrons. The summed E-state index contributed by atoms with van der Waals surface area (Å²) in [7, 11) is 0. The number of carbonyl (C=O) groups is 18. The van der Waals surface area contributed by atoms with Crippen LogP contribution in [0.3, 0.4) is 0 Å². The smallest absolute Gasteiger partial charge is 0.322 e. The van der Waals surface area contributed by atoms with E-state index in [0.717, 1.165) is 4.90 Å². The molecule has 13 atom stereocenters. The number of likely N-dealkylation sites (tertiary alicyclic amines) is 1. The number of nitrogens with one attached hydrogen (secondary N) is 12. The number of carbonyl (C=O) groups excluding carboxylic acids is 15. The maximum absolute atomic E-state index is 14.5. The zero-order valence-electron chi connectivity index (χ0n) is 57.9. The number of amides is 15. The van der Waals surface area contributed by atoms with E-state index in [0.29, 0.717) is 0 Å². The van der Waals surface area contributed by atoms with Gasteiger partial charge in [-0.2, -0.15) is 36.2 Å². The fourth-order valence-corrected chi connectivity index (χ4v) is 11.0. The molecule has 586 valence electrons. The van der Waals surface area contributed by atoms with E-state index in [2.05, 4.69) is 81.4 Å². The number of hydrogen-bond donors (Lipinski definition) is 23. The van der Waals surface area contributed by atoms with E-state index in [-0.39, 0.29) is 81.3 Å². The molecule has 0 bridgehead atoms. The molecule has 0 aromatic carbocycles. The molecule has 1 fully saturated rings. The molecule has 0 aromatic heterocycles. The third kappa shape index (κ3) is 34.8. The molecule has 0 saturated carbocycles. The van der Waals surface area contributed by atoms with Gasteiger partial charge < -0.3 is 123 Å². The molecule has 1 saturated heterocycles. The highest BCUT2D eigenvalue weighted by molar-refractivity contribution is 7.98. The van der Waals surface area contributed by atoms with E-state index in [4.69, 9.17) is 33.8 Å². The number of aliphatic hydroxyl groups is 2. The first kappa shape index (κ1) is 92.7. The second kappa shape index (κ2) is 49.3. The fraction of sp³-hybridized carbons (Fsp3) is 0.678. The summed E-state index contributed by atoms with van der Waals surface area (Å²) < 4.78 is 0. The van der Waals surface area contributed by atoms with Crippen molar-refractivity contribution in [1.82, 2.24) is 68.7 Å². The van der Waals surface area contributed by atoms with E-state index >= 15 is 0 Å². The minimum absolute atomic E-state index is 0.0322. The Hall–Kier alpha value is -9.34. The Bertz CT molecular complexity index is 3050. The highest BCUT2D eigenvalue weighted by Crippen LogP contribution is 2.22. The van der Waals surface area contributed by atoms with Crippen LogP contribution in [0.5, 0.6) is 0 Å². The van der Waals surface area contributed by atoms with Crippen LogP contribution < -0.4 is 92.5 Å². The number of carboxylic acids is 3. The number of primary amides is 2. The van der Waals surface area contributed by atoms with Crippen molar-refractivity contribution in [2.75, 3.05) is 69.2 Å². The van der Waals surface area contributed by atoms with Crippen LogP contribution in [0.15, 0.2) is 4.99 Å². The number of thiol groups is 1. The molecule has 15 amide bonds. The van der Waals surface area contributed by atoms with Crippen LogP contribution in [0, 0.1) is 5.92 Å². The zero-order chi connectivity index (χ0) is 78.9. The quantitative estimate of drug-likeness (QED) is 0.0116. The van der Waals surface area contributed by atoms with Crippen molar-refractivity contribution in [1.29, 1.82) is 0 Å². The number of hydrogen-bond acceptors (Lipinski definition) is 25. The van der Waals surface area contributed by atoms with Crippen LogP contribution in [0.1, 0.15) is 104 Å². The first-order valence-electron chi connectivity index (χ1n) is 32.7. The predicted molar refractivity (Wildman–Crippen MR) is 375 cm³/mol. The van der Waals surface area contributed by atoms with Gasteiger partial charge in [0, 0.05) is 38.1 Å². The standard InChI is InChI=1S/C59H99N19O23S3/c1-5-28(2)46(77-56(99)39-9-7-19-78(39)58(101)34(12-15-44(86)87)73-54(97)37(26-80)75-48(91)29(8-6-18-65-59(63)64)68-55(98)38(27-102)67-42(83)23-60)57(100)72-30(10-13-40(61)81)49(92)71-33(17-21-104-4)51(94)69-31(11-14-43(84)85)50(93)74-35(22-41(62)82)52(95)76-36(25-79)53(96)70-32(16-20-103-3)47(90)66-24-45(88)89/h28-39,46,79-80,102H,5-27,60H2,1-4H3,(H2,61,81)(H2,62,82)(H,66,90)(H,67,83)(H,68,98)(H,69,94)(H,70,96)(H,71,92)(H,72,100)(H,73,97)(H,74,93)(H,75,91)(H,76,95)(H,77,99)(H,84,85)(H,86,87)(H,88,89)(H4,63,64,65)/t28-,29-,30-,31-,32-,33-,34-,35-,36-,37-,38-,39-,46-/m0/s1. The van der Waals surface area contributed by atoms with Gasteiger partial charge in [-0.3, -0.25) is 91.3 Å². The summed E-state index contributed by atoms with van der Waals surface area (Å²) in [5.74, 6) is -21.4. The lowest BCUT2D eigenvalue weighted by atomic mass is 9.96. The minimum atomic E-state index is -1.99. The Kier molecular flexibility index (Phi) is 44.0. The summed E-state index contributed by atoms with van der Waals surface area (Å²) in [6.07, 6.45) is -1.78. The molecule has 1 heterocycles. The lowest BCUT2D eigenvalue weighted by Crippen LogP contribution is -2.61. The van der Waals surface area contributed by atoms with Crippen molar-refractivity contribution in [3.63, 3.8) is 0 Å². The molecular weight excluding hydrogens is 1440 g/mol. The largest absolute Gasteiger partial charge is 0.481 e. The monoisotopic (exact) mass is 1540 g/mol. The Balaban J connectivity index is 3.61. The Morgan fingerprint density at radius 3 is 1.36 bits per heavy atom. The maximum Gasteiger partial charge on any atom is 0.322 e. The van der Waals surface area contributed by atoms with Gasteiger partial charge in [-0.1, -0.05) is 20.3 Å². The van der Waals surface area contributed by atoms with Gasteiger partial charge >= 0.3 is 17.9 Å². The van der Waals surface area contributed by atoms with Crippen molar-refractivity contribution in [2.24, 2.45) is 39.6 Å². The maximum atomic E-state index is 14.5. The summed E-state index contributed by atoms with van der Waals surface area (Å²) in [5.41, 5.74) is 27.0. The molecule has 42 nitrogen and oxygen atoms in total. The normalized spacial score (nSPS) is 15.8. The Morgan fingerprint density at radius 2 is 0.923 bits per heavy atom. The van der Waals surface area contributed by atoms with Gasteiger partial charge in [-0.05, 0) is 87.7 Å². The van der Waals surface area contributed by atoms with Crippen molar-refractivity contribution in [3.05, 3.63) is 0 Å². The molecule has 0 spiro atoms. The van der Waals surface area contributed by atoms with Crippen molar-refractivity contribution < 1.29 is 112 Å². The molecular formula is C59H99N19O23S3. The lowest BCUT2D eigenvalue weighted by Gasteiger charge is -2.32. The van der Waals surface area contributed by atoms with Gasteiger partial charge in [0.15, 0.2) is 5.96 Å². The number of aliphatic imine (C=N–C) groups is 1. The summed E-state index contributed by atoms with van der Waals surface area (Å²) in [6, 6.07) is -19.8. The van der Waals surface area contributed by atoms with Gasteiger partial charge in [0.05, 0.1) is 26.2 Å². The lowest BCUT2D eigenvalue weighted by molar-refractivity contribution is -0.144. The summed E-state index contributed by atoms with van der Waals surface area (Å²) in [6.45, 7) is -0.584. The Morgan fingerprint density at radius 1 is 0.510 bits per heavy atom. The first-order chi connectivity index (χ1) is 49.0. The van der Waals surface area contributed by atoms with Crippen molar-refractivity contribution in [2.45, 2.75) is 176 Å². The SMILES string of the molecule is CC[C@H](C)[C@H](NC(=O)[C@@H]1CCCN1C(=O)[C@H](CCC(=O)O)NC(=O)[C@H](CO)NC(=O)[C@H](CCCN=C(N)N)NC(=O)[C@H](CS)NC(=O)CN)C(=O)N[C@@H](CCC(N)=O)C(=O)N[C@@H](CCSC)C(=O)N[C@@H](CCC(=O)O)C(=O)N[C@@H](CC(N)=O)C(=O)N[C@@H](CO)C(=O)N[C@@H](CCSC)C(=O)NCC(=O)O. The molecule has 1 rings (SSSR count). The first-order valence-corrected chi connectivity index (χ1v) is 36.1. The molecule has 0 aliphatic carbocycles. The number of nitrogens with two attached hydrogens (primary N) is 5. The molecule has 1 aliphatic rings. The molecule has 1 aliphatic heterocycles. The third-order valence-corrected chi connectivity index (χ3v) is 17.3. The molecule has 104 heavy (non-hydrogen) atoms. The van der Waals surface area contributed by atoms with E-state index in [1.165, 1.54) is 30.4 Å². The topological polar surface area (TPSA) is 698 Å². The van der Waals surface area contributed by atoms with Crippen molar-refractivity contribution in [3.8, 4) is 0 Å². The number of aliphatic hydroxyl groups excluding tert-OH is 2. The second-order valence-corrected chi connectivity index (χ2v) is 26.0. The predicted octanol–water partition coefficient (Wildman–Crippen LogP) is -10.1. The average molecular weight is 1540 g/mol. The fourth-order valence-electron chi connectivity index (χ4n) is 9.83. The molecule has 0 unspecified atom stereocenters. The van der Waals surface area contributed by atoms with E-state index in [9.17, 15) is 107 Å². The van der Waals surface area contributed by atoms with Gasteiger partial charge in [-0.25, -0.2) is 0 Å². The summed E-state index contributed by atoms with van der Waals surface area (Å²) in [5, 5.41) is 76.7. The average Bonchev–Trinajstić information content (AvgIpc) is 1.59. The Labute approximate surface area is 611 Å². The molecule has 0 aromatic rings. The summed E-state index contributed by atoms with van der Waals surface area (Å²) in [4.78, 5) is 243. The van der Waals surface area contributed by atoms with Crippen LogP contribution in [-0.4, -0.2) is 285 Å². The second-order valence-electron chi connectivity index (χ2n) is 23.6. The van der Waals surface area contributed by atoms with E-state index in [1.807, 2.05) is 0 Å². The van der Waals surface area contributed by atoms with Gasteiger partial charge in [0.2, 0.25) is 88.6 Å². The van der Waals surface area contributed by atoms with Crippen LogP contribution >= 0.6 is 36.2 Å². The molecule has 45 heteroatoms. The summed E-state index contributed by atoms with van der Waals surface area (Å²) >= 11 is 6.51. The number of aliphatic carboxylic acids is 3. The third-order valence-electron chi connectivity index (χ3n) is 15.7. The van der Waals surface area contributed by atoms with Crippen LogP contribution in [0.2, 0.25) is 0 Å². The van der Waals surface area contributed by atoms with Gasteiger partial charge in [-0.15, -0.1) is 0 Å². The van der Waals surface area contributed by atoms with Crippen LogP contribution in [0.25, 0.3) is 0 Å². The van der Waals surface area contributed by atoms with Crippen LogP contribution in [-0.2, 0) is 86.3 Å². The number of thioether (sulfide) groups is 2. The van der Waals surface area contributed by atoms with Crippen LogP contribution in [0.4, 0.5) is 0 Å². The van der Waals surface area contributed by atoms with E-state index in [1.54, 1.807) is 19.4 Å². The minimum Gasteiger partial charge on any atom is -0.481 e.